The highest BCUT2D eigenvalue weighted by Crippen LogP contribution is 2.38. The molecule has 17 heavy (non-hydrogen) atoms. The minimum Gasteiger partial charge on any atom is -0.385 e. The van der Waals surface area contributed by atoms with E-state index in [2.05, 4.69) is 0 Å². The Bertz CT molecular complexity index is 365. The first-order valence-corrected chi connectivity index (χ1v) is 6.59. The van der Waals surface area contributed by atoms with Crippen molar-refractivity contribution in [2.45, 2.75) is 51.0 Å². The van der Waals surface area contributed by atoms with Crippen LogP contribution in [-0.2, 0) is 5.60 Å². The lowest BCUT2D eigenvalue weighted by Crippen LogP contribution is -2.31. The van der Waals surface area contributed by atoms with Crippen molar-refractivity contribution >= 4 is 0 Å². The van der Waals surface area contributed by atoms with Crippen molar-refractivity contribution in [2.24, 2.45) is 5.92 Å². The summed E-state index contributed by atoms with van der Waals surface area (Å²) >= 11 is 0. The van der Waals surface area contributed by atoms with Gasteiger partial charge in [0.25, 0.3) is 0 Å². The molecule has 0 heterocycles. The van der Waals surface area contributed by atoms with Crippen molar-refractivity contribution in [1.82, 2.24) is 0 Å². The SMILES string of the molecule is CC(O)(c1cccc(F)c1)C1CCCCCC1. The topological polar surface area (TPSA) is 20.2 Å². The maximum absolute atomic E-state index is 13.2. The molecule has 0 bridgehead atoms. The van der Waals surface area contributed by atoms with E-state index in [1.165, 1.54) is 37.8 Å². The van der Waals surface area contributed by atoms with Crippen LogP contribution in [0.3, 0.4) is 0 Å². The van der Waals surface area contributed by atoms with Gasteiger partial charge in [-0.1, -0.05) is 37.8 Å². The summed E-state index contributed by atoms with van der Waals surface area (Å²) in [6.07, 6.45) is 6.96. The molecule has 0 aromatic heterocycles. The Hall–Kier alpha value is -0.890. The van der Waals surface area contributed by atoms with E-state index < -0.39 is 5.60 Å². The van der Waals surface area contributed by atoms with Crippen LogP contribution in [-0.4, -0.2) is 5.11 Å². The average Bonchev–Trinajstić information content (AvgIpc) is 2.58. The lowest BCUT2D eigenvalue weighted by atomic mass is 9.78. The molecule has 1 N–H and O–H groups in total. The number of benzene rings is 1. The smallest absolute Gasteiger partial charge is 0.123 e. The zero-order chi connectivity index (χ0) is 12.3. The monoisotopic (exact) mass is 236 g/mol. The third-order valence-corrected chi connectivity index (χ3v) is 4.06. The van der Waals surface area contributed by atoms with Crippen LogP contribution in [0.4, 0.5) is 4.39 Å². The minimum absolute atomic E-state index is 0.256. The van der Waals surface area contributed by atoms with E-state index in [0.717, 1.165) is 12.8 Å². The van der Waals surface area contributed by atoms with Crippen molar-refractivity contribution < 1.29 is 9.50 Å². The van der Waals surface area contributed by atoms with Gasteiger partial charge >= 0.3 is 0 Å². The Morgan fingerprint density at radius 1 is 1.18 bits per heavy atom. The van der Waals surface area contributed by atoms with Crippen molar-refractivity contribution in [3.63, 3.8) is 0 Å². The van der Waals surface area contributed by atoms with Gasteiger partial charge in [0.1, 0.15) is 5.82 Å². The molecule has 2 rings (SSSR count). The summed E-state index contributed by atoms with van der Waals surface area (Å²) < 4.78 is 13.2. The molecule has 0 saturated heterocycles. The second-order valence-electron chi connectivity index (χ2n) is 5.35. The molecule has 1 fully saturated rings. The van der Waals surface area contributed by atoms with E-state index in [1.54, 1.807) is 6.07 Å². The van der Waals surface area contributed by atoms with Gasteiger partial charge in [-0.25, -0.2) is 4.39 Å². The van der Waals surface area contributed by atoms with Crippen molar-refractivity contribution in [1.29, 1.82) is 0 Å². The molecule has 1 aliphatic carbocycles. The Kier molecular flexibility index (Phi) is 3.82. The van der Waals surface area contributed by atoms with Crippen LogP contribution in [0.25, 0.3) is 0 Å². The first-order chi connectivity index (χ1) is 8.10. The standard InChI is InChI=1S/C15H21FO/c1-15(17,12-7-4-2-3-5-8-12)13-9-6-10-14(16)11-13/h6,9-12,17H,2-5,7-8H2,1H3. The summed E-state index contributed by atoms with van der Waals surface area (Å²) in [6, 6.07) is 6.39. The molecule has 1 aromatic carbocycles. The van der Waals surface area contributed by atoms with E-state index >= 15 is 0 Å². The molecular weight excluding hydrogens is 215 g/mol. The number of hydrogen-bond acceptors (Lipinski definition) is 1. The lowest BCUT2D eigenvalue weighted by Gasteiger charge is -2.33. The highest BCUT2D eigenvalue weighted by Gasteiger charge is 2.33. The Morgan fingerprint density at radius 3 is 2.41 bits per heavy atom. The zero-order valence-electron chi connectivity index (χ0n) is 10.5. The van der Waals surface area contributed by atoms with Gasteiger partial charge in [-0.3, -0.25) is 0 Å². The molecule has 0 amide bonds. The molecule has 1 atom stereocenters. The third kappa shape index (κ3) is 2.86. The minimum atomic E-state index is -0.896. The predicted molar refractivity (Wildman–Crippen MR) is 67.2 cm³/mol. The van der Waals surface area contributed by atoms with Gasteiger partial charge in [0.15, 0.2) is 0 Å². The molecule has 0 spiro atoms. The molecule has 1 unspecified atom stereocenters. The second-order valence-corrected chi connectivity index (χ2v) is 5.35. The fourth-order valence-corrected chi connectivity index (χ4v) is 2.88. The number of halogens is 1. The van der Waals surface area contributed by atoms with Crippen molar-refractivity contribution in [3.8, 4) is 0 Å². The predicted octanol–water partition coefficient (Wildman–Crippen LogP) is 4.00. The first-order valence-electron chi connectivity index (χ1n) is 6.59. The van der Waals surface area contributed by atoms with E-state index in [0.29, 0.717) is 5.56 Å². The van der Waals surface area contributed by atoms with Crippen LogP contribution in [0.2, 0.25) is 0 Å². The van der Waals surface area contributed by atoms with Gasteiger partial charge in [-0.05, 0) is 43.4 Å². The third-order valence-electron chi connectivity index (χ3n) is 4.06. The fourth-order valence-electron chi connectivity index (χ4n) is 2.88. The van der Waals surface area contributed by atoms with E-state index in [4.69, 9.17) is 0 Å². The molecule has 1 aliphatic rings. The van der Waals surface area contributed by atoms with Gasteiger partial charge < -0.3 is 5.11 Å². The summed E-state index contributed by atoms with van der Waals surface area (Å²) in [4.78, 5) is 0. The van der Waals surface area contributed by atoms with Crippen molar-refractivity contribution in [2.75, 3.05) is 0 Å². The van der Waals surface area contributed by atoms with Crippen LogP contribution < -0.4 is 0 Å². The van der Waals surface area contributed by atoms with Crippen LogP contribution in [0.15, 0.2) is 24.3 Å². The van der Waals surface area contributed by atoms with Gasteiger partial charge in [-0.15, -0.1) is 0 Å². The normalized spacial score (nSPS) is 21.8. The van der Waals surface area contributed by atoms with E-state index in [-0.39, 0.29) is 11.7 Å². The highest BCUT2D eigenvalue weighted by molar-refractivity contribution is 5.23. The summed E-state index contributed by atoms with van der Waals surface area (Å²) in [5.74, 6) is -0.0109. The van der Waals surface area contributed by atoms with E-state index in [9.17, 15) is 9.50 Å². The maximum atomic E-state index is 13.2. The highest BCUT2D eigenvalue weighted by atomic mass is 19.1. The van der Waals surface area contributed by atoms with E-state index in [1.807, 2.05) is 13.0 Å². The summed E-state index contributed by atoms with van der Waals surface area (Å²) in [5.41, 5.74) is -0.184. The van der Waals surface area contributed by atoms with Crippen molar-refractivity contribution in [3.05, 3.63) is 35.6 Å². The molecule has 0 radical (unpaired) electrons. The zero-order valence-corrected chi connectivity index (χ0v) is 10.5. The van der Waals surface area contributed by atoms with Crippen LogP contribution in [0.5, 0.6) is 0 Å². The maximum Gasteiger partial charge on any atom is 0.123 e. The lowest BCUT2D eigenvalue weighted by molar-refractivity contribution is -0.0128. The second kappa shape index (κ2) is 5.18. The fraction of sp³-hybridized carbons (Fsp3) is 0.600. The molecule has 1 saturated carbocycles. The van der Waals surface area contributed by atoms with Gasteiger partial charge in [0.2, 0.25) is 0 Å². The summed E-state index contributed by atoms with van der Waals surface area (Å²) in [6.45, 7) is 1.83. The molecule has 1 aromatic rings. The largest absolute Gasteiger partial charge is 0.385 e. The van der Waals surface area contributed by atoms with Gasteiger partial charge in [-0.2, -0.15) is 0 Å². The Balaban J connectivity index is 2.21. The Morgan fingerprint density at radius 2 is 1.82 bits per heavy atom. The first kappa shape index (κ1) is 12.6. The average molecular weight is 236 g/mol. The number of aliphatic hydroxyl groups is 1. The van der Waals surface area contributed by atoms with Crippen LogP contribution in [0.1, 0.15) is 51.0 Å². The molecule has 0 aliphatic heterocycles. The molecular formula is C15H21FO. The Labute approximate surface area is 103 Å². The molecule has 2 heteroatoms. The quantitative estimate of drug-likeness (QED) is 0.769. The van der Waals surface area contributed by atoms with Crippen LogP contribution in [0, 0.1) is 11.7 Å². The van der Waals surface area contributed by atoms with Gasteiger partial charge in [0.05, 0.1) is 5.60 Å². The number of hydrogen-bond donors (Lipinski definition) is 1. The number of rotatable bonds is 2. The molecule has 1 nitrogen and oxygen atoms in total. The summed E-state index contributed by atoms with van der Waals surface area (Å²) in [5, 5.41) is 10.7. The van der Waals surface area contributed by atoms with Gasteiger partial charge in [0, 0.05) is 0 Å². The summed E-state index contributed by atoms with van der Waals surface area (Å²) in [7, 11) is 0. The van der Waals surface area contributed by atoms with Crippen LogP contribution >= 0.6 is 0 Å². The molecule has 94 valence electrons.